The second kappa shape index (κ2) is 6.63. The lowest BCUT2D eigenvalue weighted by Gasteiger charge is -2.34. The molecule has 1 fully saturated rings. The van der Waals surface area contributed by atoms with Crippen LogP contribution in [0.1, 0.15) is 17.8 Å². The van der Waals surface area contributed by atoms with E-state index in [1.807, 2.05) is 5.38 Å². The average Bonchev–Trinajstić information content (AvgIpc) is 2.89. The summed E-state index contributed by atoms with van der Waals surface area (Å²) in [4.78, 5) is 28.7. The van der Waals surface area contributed by atoms with Gasteiger partial charge in [-0.3, -0.25) is 9.59 Å². The van der Waals surface area contributed by atoms with E-state index >= 15 is 0 Å². The van der Waals surface area contributed by atoms with Crippen LogP contribution in [-0.2, 0) is 20.7 Å². The third-order valence-corrected chi connectivity index (χ3v) is 3.83. The van der Waals surface area contributed by atoms with E-state index in [2.05, 4.69) is 4.98 Å². The van der Waals surface area contributed by atoms with E-state index in [0.717, 1.165) is 5.01 Å². The molecule has 19 heavy (non-hydrogen) atoms. The fourth-order valence-corrected chi connectivity index (χ4v) is 2.71. The number of aryl methyl sites for hydroxylation is 1. The van der Waals surface area contributed by atoms with Gasteiger partial charge < -0.3 is 14.7 Å². The molecule has 1 atom stereocenters. The van der Waals surface area contributed by atoms with E-state index in [-0.39, 0.29) is 18.4 Å². The van der Waals surface area contributed by atoms with Crippen LogP contribution >= 0.6 is 11.3 Å². The largest absolute Gasteiger partial charge is 0.481 e. The molecule has 1 unspecified atom stereocenters. The highest BCUT2D eigenvalue weighted by Gasteiger charge is 2.28. The molecule has 0 spiro atoms. The van der Waals surface area contributed by atoms with Crippen LogP contribution in [0, 0.1) is 0 Å². The number of thiazole rings is 1. The maximum Gasteiger partial charge on any atom is 0.305 e. The minimum absolute atomic E-state index is 0.0234. The molecule has 1 saturated heterocycles. The second-order valence-electron chi connectivity index (χ2n) is 4.34. The minimum atomic E-state index is -0.909. The smallest absolute Gasteiger partial charge is 0.305 e. The van der Waals surface area contributed by atoms with Crippen molar-refractivity contribution in [3.8, 4) is 0 Å². The first-order chi connectivity index (χ1) is 9.16. The average molecular weight is 284 g/mol. The Morgan fingerprint density at radius 3 is 3.11 bits per heavy atom. The van der Waals surface area contributed by atoms with Crippen LogP contribution in [0.3, 0.4) is 0 Å². The number of morpholine rings is 1. The van der Waals surface area contributed by atoms with Crippen LogP contribution in [0.5, 0.6) is 0 Å². The Hall–Kier alpha value is -1.47. The van der Waals surface area contributed by atoms with E-state index in [9.17, 15) is 9.59 Å². The summed E-state index contributed by atoms with van der Waals surface area (Å²) in [6.07, 6.45) is 2.62. The number of nitrogens with zero attached hydrogens (tertiary/aromatic N) is 2. The van der Waals surface area contributed by atoms with Gasteiger partial charge in [-0.05, 0) is 0 Å². The van der Waals surface area contributed by atoms with Crippen LogP contribution in [-0.4, -0.2) is 52.7 Å². The Labute approximate surface area is 115 Å². The van der Waals surface area contributed by atoms with E-state index in [4.69, 9.17) is 9.84 Å². The van der Waals surface area contributed by atoms with Gasteiger partial charge in [-0.15, -0.1) is 11.3 Å². The predicted molar refractivity (Wildman–Crippen MR) is 69.0 cm³/mol. The lowest BCUT2D eigenvalue weighted by atomic mass is 10.1. The first-order valence-electron chi connectivity index (χ1n) is 6.14. The second-order valence-corrected chi connectivity index (χ2v) is 5.32. The van der Waals surface area contributed by atoms with Crippen molar-refractivity contribution in [2.24, 2.45) is 0 Å². The molecule has 7 heteroatoms. The van der Waals surface area contributed by atoms with Crippen LogP contribution in [0.4, 0.5) is 0 Å². The monoisotopic (exact) mass is 284 g/mol. The van der Waals surface area contributed by atoms with Crippen molar-refractivity contribution in [2.75, 3.05) is 19.8 Å². The Kier molecular flexibility index (Phi) is 4.86. The summed E-state index contributed by atoms with van der Waals surface area (Å²) in [5.74, 6) is -0.932. The van der Waals surface area contributed by atoms with Gasteiger partial charge in [-0.1, -0.05) is 0 Å². The molecule has 0 saturated carbocycles. The highest BCUT2D eigenvalue weighted by molar-refractivity contribution is 7.09. The van der Waals surface area contributed by atoms with Crippen LogP contribution in [0.25, 0.3) is 0 Å². The quantitative estimate of drug-likeness (QED) is 0.864. The van der Waals surface area contributed by atoms with Crippen molar-refractivity contribution in [2.45, 2.75) is 25.3 Å². The van der Waals surface area contributed by atoms with Crippen LogP contribution in [0.15, 0.2) is 11.6 Å². The molecule has 6 nitrogen and oxygen atoms in total. The topological polar surface area (TPSA) is 79.7 Å². The number of carboxylic acids is 1. The summed E-state index contributed by atoms with van der Waals surface area (Å²) in [5, 5.41) is 11.6. The first kappa shape index (κ1) is 14.0. The summed E-state index contributed by atoms with van der Waals surface area (Å²) >= 11 is 1.52. The molecular weight excluding hydrogens is 268 g/mol. The number of ether oxygens (including phenoxy) is 1. The number of carbonyl (C=O) groups is 2. The molecule has 2 rings (SSSR count). The molecule has 0 bridgehead atoms. The number of aromatic nitrogens is 1. The molecule has 2 heterocycles. The molecule has 0 radical (unpaired) electrons. The highest BCUT2D eigenvalue weighted by Crippen LogP contribution is 2.14. The molecule has 1 aliphatic heterocycles. The van der Waals surface area contributed by atoms with Gasteiger partial charge >= 0.3 is 5.97 Å². The summed E-state index contributed by atoms with van der Waals surface area (Å²) in [6, 6.07) is -0.352. The van der Waals surface area contributed by atoms with Gasteiger partial charge in [-0.2, -0.15) is 0 Å². The molecular formula is C12H16N2O4S. The SMILES string of the molecule is O=C(O)CC1COCCN1C(=O)CCc1nccs1. The van der Waals surface area contributed by atoms with Crippen molar-refractivity contribution in [1.82, 2.24) is 9.88 Å². The van der Waals surface area contributed by atoms with Crippen LogP contribution < -0.4 is 0 Å². The van der Waals surface area contributed by atoms with Gasteiger partial charge in [0, 0.05) is 31.0 Å². The lowest BCUT2D eigenvalue weighted by Crippen LogP contribution is -2.49. The molecule has 104 valence electrons. The standard InChI is InChI=1S/C12H16N2O4S/c15-11(2-1-10-13-3-6-19-10)14-4-5-18-8-9(14)7-12(16)17/h3,6,9H,1-2,4-5,7-8H2,(H,16,17). The van der Waals surface area contributed by atoms with Crippen molar-refractivity contribution < 1.29 is 19.4 Å². The summed E-state index contributed by atoms with van der Waals surface area (Å²) in [7, 11) is 0. The summed E-state index contributed by atoms with van der Waals surface area (Å²) in [5.41, 5.74) is 0. The molecule has 1 aromatic heterocycles. The van der Waals surface area contributed by atoms with Crippen molar-refractivity contribution >= 4 is 23.2 Å². The van der Waals surface area contributed by atoms with Gasteiger partial charge in [0.15, 0.2) is 0 Å². The van der Waals surface area contributed by atoms with Crippen molar-refractivity contribution in [3.63, 3.8) is 0 Å². The zero-order valence-corrected chi connectivity index (χ0v) is 11.3. The van der Waals surface area contributed by atoms with Crippen LogP contribution in [0.2, 0.25) is 0 Å². The number of amides is 1. The third-order valence-electron chi connectivity index (χ3n) is 2.99. The zero-order chi connectivity index (χ0) is 13.7. The summed E-state index contributed by atoms with van der Waals surface area (Å²) < 4.78 is 5.25. The number of carboxylic acid groups (broad SMARTS) is 1. The molecule has 0 aliphatic carbocycles. The maximum absolute atomic E-state index is 12.1. The first-order valence-corrected chi connectivity index (χ1v) is 7.02. The van der Waals surface area contributed by atoms with E-state index < -0.39 is 5.97 Å². The zero-order valence-electron chi connectivity index (χ0n) is 10.4. The Morgan fingerprint density at radius 2 is 2.42 bits per heavy atom. The third kappa shape index (κ3) is 4.00. The van der Waals surface area contributed by atoms with E-state index in [1.165, 1.54) is 11.3 Å². The summed E-state index contributed by atoms with van der Waals surface area (Å²) in [6.45, 7) is 1.24. The fourth-order valence-electron chi connectivity index (χ4n) is 2.09. The molecule has 1 N–H and O–H groups in total. The van der Waals surface area contributed by atoms with Gasteiger partial charge in [0.25, 0.3) is 0 Å². The minimum Gasteiger partial charge on any atom is -0.481 e. The van der Waals surface area contributed by atoms with E-state index in [0.29, 0.717) is 32.6 Å². The van der Waals surface area contributed by atoms with Crippen molar-refractivity contribution in [1.29, 1.82) is 0 Å². The Bertz CT molecular complexity index is 435. The number of rotatable bonds is 5. The van der Waals surface area contributed by atoms with Gasteiger partial charge in [0.1, 0.15) is 0 Å². The van der Waals surface area contributed by atoms with Gasteiger partial charge in [-0.25, -0.2) is 4.98 Å². The molecule has 1 aromatic rings. The Balaban J connectivity index is 1.89. The predicted octanol–water partition coefficient (Wildman–Crippen LogP) is 0.778. The number of hydrogen-bond acceptors (Lipinski definition) is 5. The number of hydrogen-bond donors (Lipinski definition) is 1. The maximum atomic E-state index is 12.1. The number of carbonyl (C=O) groups excluding carboxylic acids is 1. The normalized spacial score (nSPS) is 19.4. The number of aliphatic carboxylic acids is 1. The fraction of sp³-hybridized carbons (Fsp3) is 0.583. The highest BCUT2D eigenvalue weighted by atomic mass is 32.1. The van der Waals surface area contributed by atoms with Gasteiger partial charge in [0.05, 0.1) is 30.7 Å². The molecule has 1 amide bonds. The van der Waals surface area contributed by atoms with E-state index in [1.54, 1.807) is 11.1 Å². The van der Waals surface area contributed by atoms with Gasteiger partial charge in [0.2, 0.25) is 5.91 Å². The Morgan fingerprint density at radius 1 is 1.58 bits per heavy atom. The lowest BCUT2D eigenvalue weighted by molar-refractivity contribution is -0.146. The van der Waals surface area contributed by atoms with Crippen molar-refractivity contribution in [3.05, 3.63) is 16.6 Å². The molecule has 0 aromatic carbocycles. The molecule has 1 aliphatic rings.